The Morgan fingerprint density at radius 2 is 2.06 bits per heavy atom. The highest BCUT2D eigenvalue weighted by Gasteiger charge is 2.18. The number of piperidine rings is 1. The fourth-order valence-electron chi connectivity index (χ4n) is 1.99. The van der Waals surface area contributed by atoms with E-state index >= 15 is 0 Å². The third-order valence-electron chi connectivity index (χ3n) is 2.98. The van der Waals surface area contributed by atoms with Crippen LogP contribution in [0, 0.1) is 0 Å². The first-order valence-electron chi connectivity index (χ1n) is 6.29. The Labute approximate surface area is 103 Å². The Morgan fingerprint density at radius 3 is 2.65 bits per heavy atom. The molecule has 0 aromatic carbocycles. The Bertz CT molecular complexity index is 216. The summed E-state index contributed by atoms with van der Waals surface area (Å²) in [7, 11) is 1.69. The molecule has 0 radical (unpaired) electrons. The van der Waals surface area contributed by atoms with E-state index in [9.17, 15) is 4.79 Å². The third kappa shape index (κ3) is 6.61. The normalized spacial score (nSPS) is 18.2. The summed E-state index contributed by atoms with van der Waals surface area (Å²) in [4.78, 5) is 13.1. The summed E-state index contributed by atoms with van der Waals surface area (Å²) in [5.74, 6) is 0.0442. The van der Waals surface area contributed by atoms with E-state index in [-0.39, 0.29) is 5.91 Å². The molecule has 1 rings (SSSR count). The number of hydrogen-bond donors (Lipinski definition) is 1. The second-order valence-electron chi connectivity index (χ2n) is 4.39. The zero-order valence-electron chi connectivity index (χ0n) is 10.9. The molecule has 0 unspecified atom stereocenters. The minimum Gasteiger partial charge on any atom is -0.382 e. The van der Waals surface area contributed by atoms with Gasteiger partial charge in [-0.3, -0.25) is 4.79 Å². The van der Waals surface area contributed by atoms with Crippen LogP contribution >= 0.6 is 0 Å². The van der Waals surface area contributed by atoms with Crippen molar-refractivity contribution in [1.82, 2.24) is 10.2 Å². The van der Waals surface area contributed by atoms with Gasteiger partial charge in [0.25, 0.3) is 0 Å². The van der Waals surface area contributed by atoms with Crippen LogP contribution in [0.4, 0.5) is 0 Å². The van der Waals surface area contributed by atoms with Crippen molar-refractivity contribution in [3.63, 3.8) is 0 Å². The first-order chi connectivity index (χ1) is 8.22. The summed E-state index contributed by atoms with van der Waals surface area (Å²) in [5, 5.41) is 2.82. The second kappa shape index (κ2) is 8.44. The molecule has 1 N–H and O–H groups in total. The lowest BCUT2D eigenvalue weighted by Crippen LogP contribution is -2.41. The highest BCUT2D eigenvalue weighted by molar-refractivity contribution is 5.72. The zero-order valence-corrected chi connectivity index (χ0v) is 10.9. The number of ether oxygens (including phenoxy) is 2. The van der Waals surface area contributed by atoms with Gasteiger partial charge in [-0.1, -0.05) is 0 Å². The van der Waals surface area contributed by atoms with Gasteiger partial charge in [0.05, 0.1) is 19.3 Å². The number of carbonyl (C=O) groups is 1. The minimum atomic E-state index is 0.0442. The first kappa shape index (κ1) is 14.4. The van der Waals surface area contributed by atoms with Gasteiger partial charge in [-0.2, -0.15) is 0 Å². The van der Waals surface area contributed by atoms with E-state index in [1.165, 1.54) is 0 Å². The van der Waals surface area contributed by atoms with E-state index in [0.29, 0.717) is 19.3 Å². The molecule has 1 heterocycles. The van der Waals surface area contributed by atoms with Gasteiger partial charge in [-0.15, -0.1) is 0 Å². The molecular formula is C12H24N2O3. The number of methoxy groups -OCH3 is 1. The monoisotopic (exact) mass is 244 g/mol. The van der Waals surface area contributed by atoms with Crippen LogP contribution in [0.5, 0.6) is 0 Å². The van der Waals surface area contributed by atoms with Gasteiger partial charge in [0, 0.05) is 40.2 Å². The summed E-state index contributed by atoms with van der Waals surface area (Å²) in [6.07, 6.45) is 2.52. The molecule has 0 spiro atoms. The van der Waals surface area contributed by atoms with Gasteiger partial charge in [0.2, 0.25) is 5.91 Å². The number of rotatable bonds is 7. The van der Waals surface area contributed by atoms with Crippen LogP contribution < -0.4 is 5.32 Å². The first-order valence-corrected chi connectivity index (χ1v) is 6.29. The van der Waals surface area contributed by atoms with Gasteiger partial charge < -0.3 is 19.7 Å². The molecular weight excluding hydrogens is 220 g/mol. The number of likely N-dealkylation sites (tertiary alicyclic amines) is 1. The van der Waals surface area contributed by atoms with Gasteiger partial charge in [0.15, 0.2) is 0 Å². The number of carbonyl (C=O) groups excluding carboxylic acids is 1. The van der Waals surface area contributed by atoms with Crippen molar-refractivity contribution in [2.24, 2.45) is 0 Å². The standard InChI is InChI=1S/C12H24N2O3/c1-11(15)13-5-8-14-6-3-12(4-7-14)17-10-9-16-2/h12H,3-10H2,1-2H3,(H,13,15). The number of nitrogens with zero attached hydrogens (tertiary/aromatic N) is 1. The van der Waals surface area contributed by atoms with Crippen molar-refractivity contribution in [2.45, 2.75) is 25.9 Å². The average Bonchev–Trinajstić information content (AvgIpc) is 2.31. The fraction of sp³-hybridized carbons (Fsp3) is 0.917. The quantitative estimate of drug-likeness (QED) is 0.652. The molecule has 17 heavy (non-hydrogen) atoms. The Morgan fingerprint density at radius 1 is 1.35 bits per heavy atom. The Hall–Kier alpha value is -0.650. The van der Waals surface area contributed by atoms with Crippen molar-refractivity contribution in [3.8, 4) is 0 Å². The van der Waals surface area contributed by atoms with Gasteiger partial charge >= 0.3 is 0 Å². The molecule has 0 aromatic rings. The van der Waals surface area contributed by atoms with E-state index in [1.54, 1.807) is 14.0 Å². The lowest BCUT2D eigenvalue weighted by molar-refractivity contribution is -0.119. The van der Waals surface area contributed by atoms with Crippen LogP contribution in [0.3, 0.4) is 0 Å². The van der Waals surface area contributed by atoms with E-state index in [1.807, 2.05) is 0 Å². The van der Waals surface area contributed by atoms with Gasteiger partial charge in [0.1, 0.15) is 0 Å². The highest BCUT2D eigenvalue weighted by atomic mass is 16.5. The second-order valence-corrected chi connectivity index (χ2v) is 4.39. The van der Waals surface area contributed by atoms with E-state index in [0.717, 1.165) is 39.0 Å². The molecule has 0 atom stereocenters. The number of hydrogen-bond acceptors (Lipinski definition) is 4. The topological polar surface area (TPSA) is 50.8 Å². The van der Waals surface area contributed by atoms with Crippen LogP contribution in [-0.4, -0.2) is 63.4 Å². The van der Waals surface area contributed by atoms with Crippen molar-refractivity contribution in [3.05, 3.63) is 0 Å². The van der Waals surface area contributed by atoms with E-state index in [2.05, 4.69) is 10.2 Å². The van der Waals surface area contributed by atoms with Crippen molar-refractivity contribution >= 4 is 5.91 Å². The SMILES string of the molecule is COCCOC1CCN(CCNC(C)=O)CC1. The van der Waals surface area contributed by atoms with Crippen molar-refractivity contribution < 1.29 is 14.3 Å². The number of nitrogens with one attached hydrogen (secondary N) is 1. The smallest absolute Gasteiger partial charge is 0.216 e. The fourth-order valence-corrected chi connectivity index (χ4v) is 1.99. The molecule has 1 aliphatic rings. The minimum absolute atomic E-state index is 0.0442. The largest absolute Gasteiger partial charge is 0.382 e. The lowest BCUT2D eigenvalue weighted by atomic mass is 10.1. The van der Waals surface area contributed by atoms with Crippen LogP contribution in [0.2, 0.25) is 0 Å². The highest BCUT2D eigenvalue weighted by Crippen LogP contribution is 2.12. The van der Waals surface area contributed by atoms with Crippen molar-refractivity contribution in [2.75, 3.05) is 46.5 Å². The predicted molar refractivity (Wildman–Crippen MR) is 66.0 cm³/mol. The molecule has 0 aromatic heterocycles. The molecule has 5 nitrogen and oxygen atoms in total. The Balaban J connectivity index is 2.03. The lowest BCUT2D eigenvalue weighted by Gasteiger charge is -2.31. The van der Waals surface area contributed by atoms with Gasteiger partial charge in [-0.05, 0) is 12.8 Å². The maximum atomic E-state index is 10.7. The molecule has 1 amide bonds. The summed E-state index contributed by atoms with van der Waals surface area (Å²) in [6.45, 7) is 6.69. The average molecular weight is 244 g/mol. The Kier molecular flexibility index (Phi) is 7.16. The maximum Gasteiger partial charge on any atom is 0.216 e. The molecule has 0 saturated carbocycles. The van der Waals surface area contributed by atoms with E-state index < -0.39 is 0 Å². The zero-order chi connectivity index (χ0) is 12.5. The molecule has 0 bridgehead atoms. The van der Waals surface area contributed by atoms with Crippen LogP contribution in [0.25, 0.3) is 0 Å². The number of amides is 1. The molecule has 100 valence electrons. The molecule has 0 aliphatic carbocycles. The summed E-state index contributed by atoms with van der Waals surface area (Å²) >= 11 is 0. The molecule has 5 heteroatoms. The summed E-state index contributed by atoms with van der Waals surface area (Å²) in [6, 6.07) is 0. The maximum absolute atomic E-state index is 10.7. The summed E-state index contributed by atoms with van der Waals surface area (Å²) in [5.41, 5.74) is 0. The van der Waals surface area contributed by atoms with Gasteiger partial charge in [-0.25, -0.2) is 0 Å². The molecule has 1 aliphatic heterocycles. The van der Waals surface area contributed by atoms with Crippen LogP contribution in [0.15, 0.2) is 0 Å². The predicted octanol–water partition coefficient (Wildman–Crippen LogP) is 0.250. The third-order valence-corrected chi connectivity index (χ3v) is 2.98. The molecule has 1 fully saturated rings. The van der Waals surface area contributed by atoms with Crippen LogP contribution in [0.1, 0.15) is 19.8 Å². The van der Waals surface area contributed by atoms with Crippen LogP contribution in [-0.2, 0) is 14.3 Å². The van der Waals surface area contributed by atoms with Crippen molar-refractivity contribution in [1.29, 1.82) is 0 Å². The summed E-state index contributed by atoms with van der Waals surface area (Å²) < 4.78 is 10.6. The molecule has 1 saturated heterocycles. The van der Waals surface area contributed by atoms with E-state index in [4.69, 9.17) is 9.47 Å².